The third kappa shape index (κ3) is 4.30. The number of aromatic nitrogens is 2. The zero-order valence-corrected chi connectivity index (χ0v) is 15.1. The fourth-order valence-electron chi connectivity index (χ4n) is 2.99. The number of amides is 1. The number of sulfonamides is 1. The molecule has 2 heterocycles. The number of carbonyl (C=O) groups excluding carboxylic acids is 1. The number of nitrogens with zero attached hydrogens (tertiary/aromatic N) is 4. The van der Waals surface area contributed by atoms with Gasteiger partial charge in [-0.05, 0) is 21.0 Å². The van der Waals surface area contributed by atoms with Gasteiger partial charge < -0.3 is 10.2 Å². The Bertz CT molecular complexity index is 683. The standard InChI is InChI=1S/C14H25N5O3S/c1-10-12(8-18(4)16-10)14(20)15-13-9-19(23(5,21)22)7-11(13)6-17(2)3/h8,11,13H,6-7,9H2,1-5H3,(H,15,20)/t11-,13-/m1/s1. The molecule has 0 saturated carbocycles. The molecule has 1 saturated heterocycles. The van der Waals surface area contributed by atoms with Gasteiger partial charge in [0.2, 0.25) is 10.0 Å². The highest BCUT2D eigenvalue weighted by Gasteiger charge is 2.38. The highest BCUT2D eigenvalue weighted by Crippen LogP contribution is 2.21. The summed E-state index contributed by atoms with van der Waals surface area (Å²) in [6, 6.07) is -0.209. The molecule has 1 aliphatic rings. The van der Waals surface area contributed by atoms with Crippen LogP contribution in [0, 0.1) is 12.8 Å². The van der Waals surface area contributed by atoms with E-state index in [9.17, 15) is 13.2 Å². The van der Waals surface area contributed by atoms with Crippen LogP contribution in [0.3, 0.4) is 0 Å². The molecule has 0 spiro atoms. The minimum atomic E-state index is -3.26. The molecule has 1 aromatic rings. The number of aryl methyl sites for hydroxylation is 2. The van der Waals surface area contributed by atoms with Crippen LogP contribution in [-0.4, -0.2) is 79.3 Å². The first-order valence-electron chi connectivity index (χ1n) is 7.49. The summed E-state index contributed by atoms with van der Waals surface area (Å²) < 4.78 is 26.6. The normalized spacial score (nSPS) is 22.7. The van der Waals surface area contributed by atoms with Gasteiger partial charge in [-0.15, -0.1) is 0 Å². The Morgan fingerprint density at radius 1 is 1.43 bits per heavy atom. The molecule has 0 aromatic carbocycles. The molecule has 0 aliphatic carbocycles. The summed E-state index contributed by atoms with van der Waals surface area (Å²) in [5, 5.41) is 7.15. The van der Waals surface area contributed by atoms with Gasteiger partial charge in [-0.1, -0.05) is 0 Å². The van der Waals surface area contributed by atoms with E-state index >= 15 is 0 Å². The predicted octanol–water partition coefficient (Wildman–Crippen LogP) is -0.720. The molecule has 1 aromatic heterocycles. The first-order valence-corrected chi connectivity index (χ1v) is 9.33. The summed E-state index contributed by atoms with van der Waals surface area (Å²) in [5.74, 6) is -0.152. The second kappa shape index (κ2) is 6.58. The van der Waals surface area contributed by atoms with Crippen molar-refractivity contribution in [1.82, 2.24) is 24.3 Å². The van der Waals surface area contributed by atoms with Crippen LogP contribution in [0.2, 0.25) is 0 Å². The third-order valence-electron chi connectivity index (χ3n) is 4.05. The van der Waals surface area contributed by atoms with Crippen molar-refractivity contribution < 1.29 is 13.2 Å². The molecule has 9 heteroatoms. The number of rotatable bonds is 5. The Kier molecular flexibility index (Phi) is 5.12. The zero-order valence-electron chi connectivity index (χ0n) is 14.3. The molecular formula is C14H25N5O3S. The van der Waals surface area contributed by atoms with E-state index in [1.54, 1.807) is 24.9 Å². The molecule has 2 rings (SSSR count). The number of hydrogen-bond donors (Lipinski definition) is 1. The van der Waals surface area contributed by atoms with Crippen LogP contribution in [0.15, 0.2) is 6.20 Å². The van der Waals surface area contributed by atoms with Crippen molar-refractivity contribution in [3.63, 3.8) is 0 Å². The van der Waals surface area contributed by atoms with Gasteiger partial charge in [-0.25, -0.2) is 8.42 Å². The van der Waals surface area contributed by atoms with E-state index in [1.807, 2.05) is 19.0 Å². The molecule has 0 unspecified atom stereocenters. The first-order chi connectivity index (χ1) is 10.6. The van der Waals surface area contributed by atoms with Gasteiger partial charge in [0.05, 0.1) is 17.5 Å². The van der Waals surface area contributed by atoms with Crippen LogP contribution in [0.4, 0.5) is 0 Å². The lowest BCUT2D eigenvalue weighted by Crippen LogP contribution is -2.43. The van der Waals surface area contributed by atoms with Crippen LogP contribution in [0.5, 0.6) is 0 Å². The van der Waals surface area contributed by atoms with Crippen LogP contribution >= 0.6 is 0 Å². The summed E-state index contributed by atoms with van der Waals surface area (Å²) in [4.78, 5) is 14.5. The second-order valence-corrected chi connectivity index (χ2v) is 8.47. The van der Waals surface area contributed by atoms with Gasteiger partial charge in [0.1, 0.15) is 0 Å². The quantitative estimate of drug-likeness (QED) is 0.762. The Morgan fingerprint density at radius 3 is 2.57 bits per heavy atom. The van der Waals surface area contributed by atoms with E-state index in [-0.39, 0.29) is 17.9 Å². The van der Waals surface area contributed by atoms with Crippen molar-refractivity contribution >= 4 is 15.9 Å². The molecule has 0 bridgehead atoms. The SMILES string of the molecule is Cc1nn(C)cc1C(=O)N[C@@H]1CN(S(C)(=O)=O)C[C@H]1CN(C)C. The maximum absolute atomic E-state index is 12.5. The van der Waals surface area contributed by atoms with Gasteiger partial charge in [0.25, 0.3) is 5.91 Å². The van der Waals surface area contributed by atoms with E-state index in [2.05, 4.69) is 10.4 Å². The Labute approximate surface area is 137 Å². The minimum Gasteiger partial charge on any atom is -0.347 e. The van der Waals surface area contributed by atoms with Crippen LogP contribution in [-0.2, 0) is 17.1 Å². The summed E-state index contributed by atoms with van der Waals surface area (Å²) >= 11 is 0. The van der Waals surface area contributed by atoms with E-state index < -0.39 is 10.0 Å². The molecule has 8 nitrogen and oxygen atoms in total. The maximum atomic E-state index is 12.5. The Morgan fingerprint density at radius 2 is 2.09 bits per heavy atom. The number of carbonyl (C=O) groups is 1. The van der Waals surface area contributed by atoms with Gasteiger partial charge in [-0.2, -0.15) is 9.40 Å². The fourth-order valence-corrected chi connectivity index (χ4v) is 3.88. The van der Waals surface area contributed by atoms with Gasteiger partial charge in [0, 0.05) is 44.8 Å². The molecule has 2 atom stereocenters. The molecule has 1 fully saturated rings. The van der Waals surface area contributed by atoms with Crippen LogP contribution < -0.4 is 5.32 Å². The molecule has 0 radical (unpaired) electrons. The van der Waals surface area contributed by atoms with E-state index in [4.69, 9.17) is 0 Å². The summed E-state index contributed by atoms with van der Waals surface area (Å²) in [6.45, 7) is 3.23. The maximum Gasteiger partial charge on any atom is 0.255 e. The van der Waals surface area contributed by atoms with Crippen molar-refractivity contribution in [3.05, 3.63) is 17.5 Å². The highest BCUT2D eigenvalue weighted by atomic mass is 32.2. The lowest BCUT2D eigenvalue weighted by atomic mass is 10.0. The lowest BCUT2D eigenvalue weighted by Gasteiger charge is -2.22. The van der Waals surface area contributed by atoms with E-state index in [1.165, 1.54) is 10.6 Å². The van der Waals surface area contributed by atoms with Crippen molar-refractivity contribution in [3.8, 4) is 0 Å². The van der Waals surface area contributed by atoms with Gasteiger partial charge in [0.15, 0.2) is 0 Å². The molecule has 1 aliphatic heterocycles. The fraction of sp³-hybridized carbons (Fsp3) is 0.714. The largest absolute Gasteiger partial charge is 0.347 e. The van der Waals surface area contributed by atoms with Crippen molar-refractivity contribution in [1.29, 1.82) is 0 Å². The Balaban J connectivity index is 2.14. The molecular weight excluding hydrogens is 318 g/mol. The van der Waals surface area contributed by atoms with Crippen LogP contribution in [0.1, 0.15) is 16.1 Å². The average Bonchev–Trinajstić information content (AvgIpc) is 2.92. The topological polar surface area (TPSA) is 87.5 Å². The Hall–Kier alpha value is -1.45. The van der Waals surface area contributed by atoms with E-state index in [0.29, 0.717) is 30.9 Å². The van der Waals surface area contributed by atoms with Crippen LogP contribution in [0.25, 0.3) is 0 Å². The summed E-state index contributed by atoms with van der Waals surface area (Å²) in [7, 11) is 2.38. The third-order valence-corrected chi connectivity index (χ3v) is 5.29. The summed E-state index contributed by atoms with van der Waals surface area (Å²) in [5.41, 5.74) is 1.18. The average molecular weight is 343 g/mol. The first kappa shape index (κ1) is 17.9. The number of nitrogens with one attached hydrogen (secondary N) is 1. The van der Waals surface area contributed by atoms with Crippen molar-refractivity contribution in [2.45, 2.75) is 13.0 Å². The molecule has 23 heavy (non-hydrogen) atoms. The highest BCUT2D eigenvalue weighted by molar-refractivity contribution is 7.88. The van der Waals surface area contributed by atoms with Crippen molar-refractivity contribution in [2.24, 2.45) is 13.0 Å². The van der Waals surface area contributed by atoms with Crippen molar-refractivity contribution in [2.75, 3.05) is 40.0 Å². The lowest BCUT2D eigenvalue weighted by molar-refractivity contribution is 0.0926. The molecule has 130 valence electrons. The molecule has 1 N–H and O–H groups in total. The predicted molar refractivity (Wildman–Crippen MR) is 87.7 cm³/mol. The monoisotopic (exact) mass is 343 g/mol. The number of hydrogen-bond acceptors (Lipinski definition) is 5. The van der Waals surface area contributed by atoms with E-state index in [0.717, 1.165) is 0 Å². The smallest absolute Gasteiger partial charge is 0.255 e. The molecule has 1 amide bonds. The minimum absolute atomic E-state index is 0.0562. The zero-order chi connectivity index (χ0) is 17.4. The van der Waals surface area contributed by atoms with Gasteiger partial charge >= 0.3 is 0 Å². The van der Waals surface area contributed by atoms with Gasteiger partial charge in [-0.3, -0.25) is 9.48 Å². The summed E-state index contributed by atoms with van der Waals surface area (Å²) in [6.07, 6.45) is 2.88. The second-order valence-electron chi connectivity index (χ2n) is 6.48.